The molecule has 2 N–H and O–H groups in total. The highest BCUT2D eigenvalue weighted by Crippen LogP contribution is 2.58. The van der Waals surface area contributed by atoms with Crippen LogP contribution in [-0.2, 0) is 0 Å². The Morgan fingerprint density at radius 2 is 1.77 bits per heavy atom. The van der Waals surface area contributed by atoms with Gasteiger partial charge < -0.3 is 5.73 Å². The van der Waals surface area contributed by atoms with E-state index in [1.165, 1.54) is 25.7 Å². The van der Waals surface area contributed by atoms with Crippen LogP contribution in [0, 0.1) is 29.6 Å². The molecule has 0 radical (unpaired) electrons. The first-order valence-electron chi connectivity index (χ1n) is 6.01. The second-order valence-corrected chi connectivity index (χ2v) is 5.77. The van der Waals surface area contributed by atoms with Gasteiger partial charge in [-0.1, -0.05) is 0 Å². The monoisotopic (exact) mass is 179 g/mol. The largest absolute Gasteiger partial charge is 0.328 e. The number of hydrogen-bond donors (Lipinski definition) is 1. The highest BCUT2D eigenvalue weighted by molar-refractivity contribution is 5.01. The molecule has 1 nitrogen and oxygen atoms in total. The molecule has 1 heteroatoms. The number of nitrogens with two attached hydrogens (primary N) is 1. The number of rotatable bonds is 1. The Morgan fingerprint density at radius 3 is 2.54 bits per heavy atom. The molecule has 3 fully saturated rings. The van der Waals surface area contributed by atoms with Gasteiger partial charge in [0, 0.05) is 6.04 Å². The van der Waals surface area contributed by atoms with Crippen molar-refractivity contribution in [1.29, 1.82) is 0 Å². The van der Waals surface area contributed by atoms with Crippen molar-refractivity contribution < 1.29 is 0 Å². The Bertz CT molecular complexity index is 211. The summed E-state index contributed by atoms with van der Waals surface area (Å²) in [6.07, 6.45) is 7.59. The van der Waals surface area contributed by atoms with Crippen LogP contribution in [0.1, 0.15) is 39.0 Å². The molecule has 0 heterocycles. The van der Waals surface area contributed by atoms with Crippen LogP contribution in [0.2, 0.25) is 0 Å². The molecule has 0 amide bonds. The molecule has 0 spiro atoms. The Balaban J connectivity index is 1.90. The van der Waals surface area contributed by atoms with Gasteiger partial charge in [0.2, 0.25) is 0 Å². The number of fused-ring (bicyclic) bond motifs is 2. The zero-order valence-electron chi connectivity index (χ0n) is 8.58. The molecule has 74 valence electrons. The van der Waals surface area contributed by atoms with Crippen molar-refractivity contribution in [3.05, 3.63) is 0 Å². The van der Waals surface area contributed by atoms with Crippen LogP contribution in [0.25, 0.3) is 0 Å². The molecule has 3 aliphatic rings. The smallest absolute Gasteiger partial charge is 0.00441 e. The maximum Gasteiger partial charge on any atom is 0.00441 e. The highest BCUT2D eigenvalue weighted by atomic mass is 14.7. The zero-order chi connectivity index (χ0) is 9.00. The molecule has 0 saturated heterocycles. The molecule has 0 aliphatic heterocycles. The van der Waals surface area contributed by atoms with Gasteiger partial charge in [-0.25, -0.2) is 0 Å². The Labute approximate surface area is 81.1 Å². The lowest BCUT2D eigenvalue weighted by Crippen LogP contribution is -2.43. The normalized spacial score (nSPS) is 55.4. The second-order valence-electron chi connectivity index (χ2n) is 5.77. The van der Waals surface area contributed by atoms with E-state index in [0.717, 1.165) is 29.6 Å². The van der Waals surface area contributed by atoms with E-state index in [0.29, 0.717) is 6.04 Å². The fraction of sp³-hybridized carbons (Fsp3) is 1.00. The van der Waals surface area contributed by atoms with Crippen LogP contribution in [0.4, 0.5) is 0 Å². The van der Waals surface area contributed by atoms with E-state index in [1.807, 2.05) is 0 Å². The summed E-state index contributed by atoms with van der Waals surface area (Å²) in [5, 5.41) is 0. The third-order valence-electron chi connectivity index (χ3n) is 5.04. The van der Waals surface area contributed by atoms with E-state index in [1.54, 1.807) is 6.42 Å². The minimum Gasteiger partial charge on any atom is -0.328 e. The van der Waals surface area contributed by atoms with Crippen LogP contribution in [-0.4, -0.2) is 6.04 Å². The highest BCUT2D eigenvalue weighted by Gasteiger charge is 2.50. The molecular formula is C12H21N. The standard InChI is InChI=1S/C12H21N/c1-7(13)12-10-3-2-9-4-8(5-10)6-11(9)12/h7-12H,2-6,13H2,1H3/t7-,8-,9+,10-,11-,12+/m1/s1. The summed E-state index contributed by atoms with van der Waals surface area (Å²) in [5.74, 6) is 5.08. The second kappa shape index (κ2) is 2.73. The number of hydrogen-bond acceptors (Lipinski definition) is 1. The summed E-state index contributed by atoms with van der Waals surface area (Å²) in [7, 11) is 0. The quantitative estimate of drug-likeness (QED) is 0.657. The average Bonchev–Trinajstić information content (AvgIpc) is 2.27. The zero-order valence-corrected chi connectivity index (χ0v) is 8.58. The van der Waals surface area contributed by atoms with Gasteiger partial charge in [-0.3, -0.25) is 0 Å². The molecule has 0 aromatic rings. The van der Waals surface area contributed by atoms with Gasteiger partial charge in [0.1, 0.15) is 0 Å². The fourth-order valence-electron chi connectivity index (χ4n) is 4.76. The third-order valence-corrected chi connectivity index (χ3v) is 5.04. The molecule has 0 unspecified atom stereocenters. The van der Waals surface area contributed by atoms with E-state index in [2.05, 4.69) is 6.92 Å². The summed E-state index contributed by atoms with van der Waals surface area (Å²) in [5.41, 5.74) is 6.14. The van der Waals surface area contributed by atoms with E-state index in [4.69, 9.17) is 5.73 Å². The van der Waals surface area contributed by atoms with Gasteiger partial charge in [-0.2, -0.15) is 0 Å². The van der Waals surface area contributed by atoms with E-state index in [-0.39, 0.29) is 0 Å². The van der Waals surface area contributed by atoms with Crippen molar-refractivity contribution in [3.8, 4) is 0 Å². The molecule has 3 bridgehead atoms. The van der Waals surface area contributed by atoms with Crippen molar-refractivity contribution in [1.82, 2.24) is 0 Å². The maximum absolute atomic E-state index is 6.14. The first-order chi connectivity index (χ1) is 6.25. The van der Waals surface area contributed by atoms with Crippen molar-refractivity contribution in [2.75, 3.05) is 0 Å². The van der Waals surface area contributed by atoms with Crippen molar-refractivity contribution >= 4 is 0 Å². The van der Waals surface area contributed by atoms with Gasteiger partial charge in [0.05, 0.1) is 0 Å². The molecule has 3 rings (SSSR count). The van der Waals surface area contributed by atoms with Crippen LogP contribution < -0.4 is 5.73 Å². The van der Waals surface area contributed by atoms with Gasteiger partial charge in [0.15, 0.2) is 0 Å². The lowest BCUT2D eigenvalue weighted by atomic mass is 9.62. The first-order valence-corrected chi connectivity index (χ1v) is 6.01. The minimum absolute atomic E-state index is 0.455. The topological polar surface area (TPSA) is 26.0 Å². The summed E-state index contributed by atoms with van der Waals surface area (Å²) in [6, 6.07) is 0.455. The van der Waals surface area contributed by atoms with Gasteiger partial charge in [0.25, 0.3) is 0 Å². The molecule has 3 saturated carbocycles. The SMILES string of the molecule is C[C@@H](N)[C@H]1[C@@H]2CC[C@H]3C[C@H](C2)C[C@H]31. The predicted octanol–water partition coefficient (Wildman–Crippen LogP) is 2.41. The molecule has 0 aromatic heterocycles. The summed E-state index contributed by atoms with van der Waals surface area (Å²) in [6.45, 7) is 2.23. The maximum atomic E-state index is 6.14. The van der Waals surface area contributed by atoms with Crippen molar-refractivity contribution in [3.63, 3.8) is 0 Å². The van der Waals surface area contributed by atoms with E-state index >= 15 is 0 Å². The first kappa shape index (κ1) is 8.28. The third kappa shape index (κ3) is 1.09. The summed E-state index contributed by atoms with van der Waals surface area (Å²) in [4.78, 5) is 0. The Hall–Kier alpha value is -0.0400. The van der Waals surface area contributed by atoms with Crippen LogP contribution in [0.15, 0.2) is 0 Å². The van der Waals surface area contributed by atoms with Crippen molar-refractivity contribution in [2.24, 2.45) is 35.3 Å². The van der Waals surface area contributed by atoms with Crippen molar-refractivity contribution in [2.45, 2.75) is 45.1 Å². The Morgan fingerprint density at radius 1 is 1.08 bits per heavy atom. The molecule has 0 aromatic carbocycles. The van der Waals surface area contributed by atoms with Gasteiger partial charge >= 0.3 is 0 Å². The molecule has 13 heavy (non-hydrogen) atoms. The average molecular weight is 179 g/mol. The van der Waals surface area contributed by atoms with Gasteiger partial charge in [-0.15, -0.1) is 0 Å². The lowest BCUT2D eigenvalue weighted by molar-refractivity contribution is 0.0663. The fourth-order valence-corrected chi connectivity index (χ4v) is 4.76. The molecular weight excluding hydrogens is 158 g/mol. The van der Waals surface area contributed by atoms with E-state index < -0.39 is 0 Å². The van der Waals surface area contributed by atoms with Crippen LogP contribution in [0.3, 0.4) is 0 Å². The van der Waals surface area contributed by atoms with Crippen LogP contribution >= 0.6 is 0 Å². The summed E-state index contributed by atoms with van der Waals surface area (Å²) < 4.78 is 0. The summed E-state index contributed by atoms with van der Waals surface area (Å²) >= 11 is 0. The lowest BCUT2D eigenvalue weighted by Gasteiger charge is -2.44. The molecule has 6 atom stereocenters. The predicted molar refractivity (Wildman–Crippen MR) is 54.2 cm³/mol. The minimum atomic E-state index is 0.455. The van der Waals surface area contributed by atoms with Crippen LogP contribution in [0.5, 0.6) is 0 Å². The van der Waals surface area contributed by atoms with E-state index in [9.17, 15) is 0 Å². The Kier molecular flexibility index (Phi) is 1.74. The molecule has 3 aliphatic carbocycles. The van der Waals surface area contributed by atoms with Gasteiger partial charge in [-0.05, 0) is 68.6 Å².